The summed E-state index contributed by atoms with van der Waals surface area (Å²) >= 11 is 6.52. The molecule has 3 aromatic carbocycles. The molecule has 2 aliphatic rings. The number of nitrogens with zero attached hydrogens (tertiary/aromatic N) is 2. The van der Waals surface area contributed by atoms with Crippen molar-refractivity contribution < 1.29 is 42.5 Å². The zero-order valence-corrected chi connectivity index (χ0v) is 26.9. The Hall–Kier alpha value is -4.37. The van der Waals surface area contributed by atoms with E-state index in [9.17, 15) is 28.3 Å². The molecule has 246 valence electrons. The molecular formula is C33H31F2N3O7S2. The summed E-state index contributed by atoms with van der Waals surface area (Å²) in [5.41, 5.74) is 1.84. The number of thiocarbonyl (C=S) groups is 1. The molecule has 2 N–H and O–H groups in total. The number of nitrogens with one attached hydrogen (secondary N) is 1. The number of rotatable bonds is 12. The van der Waals surface area contributed by atoms with Gasteiger partial charge in [-0.05, 0) is 59.7 Å². The van der Waals surface area contributed by atoms with Gasteiger partial charge in [0.25, 0.3) is 5.91 Å². The van der Waals surface area contributed by atoms with Gasteiger partial charge in [-0.25, -0.2) is 13.6 Å². The summed E-state index contributed by atoms with van der Waals surface area (Å²) in [6.45, 7) is 3.99. The molecule has 0 aliphatic carbocycles. The smallest absolute Gasteiger partial charge is 0.335 e. The first-order chi connectivity index (χ1) is 22.6. The number of hydrogen-bond acceptors (Lipinski definition) is 9. The highest BCUT2D eigenvalue weighted by atomic mass is 32.2. The molecular weight excluding hydrogens is 653 g/mol. The van der Waals surface area contributed by atoms with Crippen LogP contribution in [0.25, 0.3) is 17.2 Å². The van der Waals surface area contributed by atoms with Crippen molar-refractivity contribution >= 4 is 57.8 Å². The summed E-state index contributed by atoms with van der Waals surface area (Å²) in [6, 6.07) is 12.9. The average molecular weight is 684 g/mol. The van der Waals surface area contributed by atoms with Crippen LogP contribution in [0, 0.1) is 11.6 Å². The number of carboxylic acids is 1. The number of aromatic carboxylic acids is 1. The molecule has 0 saturated carbocycles. The number of hydrogen-bond donors (Lipinski definition) is 2. The Kier molecular flexibility index (Phi) is 11.2. The van der Waals surface area contributed by atoms with Crippen LogP contribution < -0.4 is 14.8 Å². The lowest BCUT2D eigenvalue weighted by Gasteiger charge is -2.26. The SMILES string of the molecule is COc1cc(C(=O)O)ccc1NC(=O)CCN1C(=O)C(=Cc2ccc(OCCN3CCOCC3)c(-c3ccc(F)c(F)c3)c2)SC1=S. The van der Waals surface area contributed by atoms with Gasteiger partial charge < -0.3 is 24.6 Å². The van der Waals surface area contributed by atoms with E-state index in [1.165, 1.54) is 36.3 Å². The molecule has 0 bridgehead atoms. The summed E-state index contributed by atoms with van der Waals surface area (Å²) in [6.07, 6.45) is 1.56. The fraction of sp³-hybridized carbons (Fsp3) is 0.273. The van der Waals surface area contributed by atoms with Gasteiger partial charge in [-0.2, -0.15) is 0 Å². The highest BCUT2D eigenvalue weighted by Gasteiger charge is 2.32. The number of benzene rings is 3. The number of thioether (sulfide) groups is 1. The highest BCUT2D eigenvalue weighted by molar-refractivity contribution is 8.26. The van der Waals surface area contributed by atoms with Gasteiger partial charge in [-0.15, -0.1) is 0 Å². The van der Waals surface area contributed by atoms with Crippen LogP contribution >= 0.6 is 24.0 Å². The Labute approximate surface area is 279 Å². The second-order valence-electron chi connectivity index (χ2n) is 10.5. The molecule has 0 spiro atoms. The normalized spacial score (nSPS) is 16.1. The fourth-order valence-corrected chi connectivity index (χ4v) is 6.27. The van der Waals surface area contributed by atoms with E-state index in [2.05, 4.69) is 10.2 Å². The van der Waals surface area contributed by atoms with Crippen molar-refractivity contribution in [2.45, 2.75) is 6.42 Å². The standard InChI is InChI=1S/C33H31F2N3O7S2/c1-43-28-19-22(32(41)42)4-6-26(28)36-30(39)8-9-38-31(40)29(47-33(38)46)17-20-2-7-27(45-15-12-37-10-13-44-14-11-37)23(16-20)21-3-5-24(34)25(35)18-21/h2-7,16-19H,8-15H2,1H3,(H,36,39)(H,41,42). The van der Waals surface area contributed by atoms with Crippen LogP contribution in [0.15, 0.2) is 59.5 Å². The summed E-state index contributed by atoms with van der Waals surface area (Å²) in [7, 11) is 1.36. The molecule has 0 radical (unpaired) electrons. The molecule has 0 atom stereocenters. The van der Waals surface area contributed by atoms with Crippen molar-refractivity contribution in [2.75, 3.05) is 58.4 Å². The molecule has 2 saturated heterocycles. The van der Waals surface area contributed by atoms with E-state index in [-0.39, 0.29) is 40.2 Å². The van der Waals surface area contributed by atoms with Crippen LogP contribution in [0.2, 0.25) is 0 Å². The quantitative estimate of drug-likeness (QED) is 0.193. The number of amides is 2. The first kappa shape index (κ1) is 34.0. The summed E-state index contributed by atoms with van der Waals surface area (Å²) in [5, 5.41) is 11.9. The number of anilines is 1. The predicted molar refractivity (Wildman–Crippen MR) is 178 cm³/mol. The van der Waals surface area contributed by atoms with Crippen molar-refractivity contribution in [3.8, 4) is 22.6 Å². The molecule has 2 fully saturated rings. The third-order valence-electron chi connectivity index (χ3n) is 7.46. The topological polar surface area (TPSA) is 118 Å². The van der Waals surface area contributed by atoms with Crippen LogP contribution in [0.3, 0.4) is 0 Å². The summed E-state index contributed by atoms with van der Waals surface area (Å²) in [5.74, 6) is -3.23. The number of methoxy groups -OCH3 is 1. The van der Waals surface area contributed by atoms with E-state index in [1.54, 1.807) is 24.3 Å². The maximum absolute atomic E-state index is 14.2. The average Bonchev–Trinajstić information content (AvgIpc) is 3.33. The van der Waals surface area contributed by atoms with Gasteiger partial charge >= 0.3 is 5.97 Å². The van der Waals surface area contributed by atoms with Crippen molar-refractivity contribution in [3.05, 3.63) is 82.3 Å². The van der Waals surface area contributed by atoms with Gasteiger partial charge in [0.1, 0.15) is 22.4 Å². The lowest BCUT2D eigenvalue weighted by Crippen LogP contribution is -2.38. The Morgan fingerprint density at radius 2 is 1.83 bits per heavy atom. The maximum atomic E-state index is 14.2. The largest absolute Gasteiger partial charge is 0.495 e. The number of carbonyl (C=O) groups is 3. The Morgan fingerprint density at radius 1 is 1.04 bits per heavy atom. The summed E-state index contributed by atoms with van der Waals surface area (Å²) in [4.78, 5) is 41.1. The van der Waals surface area contributed by atoms with E-state index in [4.69, 9.17) is 26.4 Å². The number of halogens is 2. The molecule has 0 unspecified atom stereocenters. The lowest BCUT2D eigenvalue weighted by molar-refractivity contribution is -0.122. The third kappa shape index (κ3) is 8.51. The van der Waals surface area contributed by atoms with Crippen molar-refractivity contribution in [1.82, 2.24) is 9.80 Å². The Bertz CT molecular complexity index is 1730. The second kappa shape index (κ2) is 15.5. The van der Waals surface area contributed by atoms with Gasteiger partial charge in [-0.1, -0.05) is 36.1 Å². The van der Waals surface area contributed by atoms with Gasteiger partial charge in [0.2, 0.25) is 5.91 Å². The molecule has 2 heterocycles. The van der Waals surface area contributed by atoms with Crippen molar-refractivity contribution in [3.63, 3.8) is 0 Å². The predicted octanol–water partition coefficient (Wildman–Crippen LogP) is 5.28. The molecule has 0 aromatic heterocycles. The van der Waals surface area contributed by atoms with Crippen LogP contribution in [0.5, 0.6) is 11.5 Å². The summed E-state index contributed by atoms with van der Waals surface area (Å²) < 4.78 is 44.9. The molecule has 2 aliphatic heterocycles. The Morgan fingerprint density at radius 3 is 2.55 bits per heavy atom. The van der Waals surface area contributed by atoms with Crippen molar-refractivity contribution in [1.29, 1.82) is 0 Å². The van der Waals surface area contributed by atoms with E-state index in [0.717, 1.165) is 37.0 Å². The van der Waals surface area contributed by atoms with Gasteiger partial charge in [0, 0.05) is 38.2 Å². The van der Waals surface area contributed by atoms with Crippen LogP contribution in [0.4, 0.5) is 14.5 Å². The van der Waals surface area contributed by atoms with E-state index < -0.39 is 23.5 Å². The maximum Gasteiger partial charge on any atom is 0.335 e. The van der Waals surface area contributed by atoms with E-state index in [0.29, 0.717) is 53.7 Å². The zero-order valence-electron chi connectivity index (χ0n) is 25.3. The minimum absolute atomic E-state index is 0.00657. The van der Waals surface area contributed by atoms with Gasteiger partial charge in [-0.3, -0.25) is 19.4 Å². The fourth-order valence-electron chi connectivity index (χ4n) is 4.96. The number of carbonyl (C=O) groups excluding carboxylic acids is 2. The molecule has 14 heteroatoms. The zero-order chi connectivity index (χ0) is 33.5. The first-order valence-electron chi connectivity index (χ1n) is 14.6. The minimum Gasteiger partial charge on any atom is -0.495 e. The minimum atomic E-state index is -1.13. The molecule has 47 heavy (non-hydrogen) atoms. The molecule has 2 amide bonds. The highest BCUT2D eigenvalue weighted by Crippen LogP contribution is 2.36. The van der Waals surface area contributed by atoms with Crippen molar-refractivity contribution in [2.24, 2.45) is 0 Å². The van der Waals surface area contributed by atoms with Crippen LogP contribution in [-0.2, 0) is 14.3 Å². The van der Waals surface area contributed by atoms with Gasteiger partial charge in [0.15, 0.2) is 11.6 Å². The van der Waals surface area contributed by atoms with E-state index in [1.807, 2.05) is 0 Å². The molecule has 3 aromatic rings. The van der Waals surface area contributed by atoms with E-state index >= 15 is 0 Å². The molecule has 5 rings (SSSR count). The lowest BCUT2D eigenvalue weighted by atomic mass is 10.0. The Balaban J connectivity index is 1.28. The molecule has 10 nitrogen and oxygen atoms in total. The number of ether oxygens (including phenoxy) is 3. The number of carboxylic acid groups (broad SMARTS) is 1. The van der Waals surface area contributed by atoms with Gasteiger partial charge in [0.05, 0.1) is 36.5 Å². The monoisotopic (exact) mass is 683 g/mol. The van der Waals surface area contributed by atoms with Crippen LogP contribution in [0.1, 0.15) is 22.3 Å². The first-order valence-corrected chi connectivity index (χ1v) is 15.8. The third-order valence-corrected chi connectivity index (χ3v) is 8.84. The number of morpholine rings is 1. The second-order valence-corrected chi connectivity index (χ2v) is 12.2. The van der Waals surface area contributed by atoms with Crippen LogP contribution in [-0.4, -0.2) is 90.1 Å².